The first kappa shape index (κ1) is 15.3. The molecule has 1 aromatic carbocycles. The number of aliphatic carboxylic acids is 1. The number of hydrogen-bond donors (Lipinski definition) is 2. The number of rotatable bonds is 7. The summed E-state index contributed by atoms with van der Waals surface area (Å²) >= 11 is 3.33. The lowest BCUT2D eigenvalue weighted by molar-refractivity contribution is -0.137. The van der Waals surface area contributed by atoms with E-state index < -0.39 is 12.0 Å². The maximum atomic E-state index is 10.8. The van der Waals surface area contributed by atoms with Gasteiger partial charge in [-0.2, -0.15) is 0 Å². The van der Waals surface area contributed by atoms with Crippen molar-refractivity contribution in [3.05, 3.63) is 22.2 Å². The first-order valence-corrected chi connectivity index (χ1v) is 6.15. The molecular formula is C12H14BrNO5. The fourth-order valence-electron chi connectivity index (χ4n) is 1.65. The third kappa shape index (κ3) is 3.85. The molecule has 2 N–H and O–H groups in total. The number of benzene rings is 1. The van der Waals surface area contributed by atoms with Gasteiger partial charge in [-0.15, -0.1) is 0 Å². The average Bonchev–Trinajstić information content (AvgIpc) is 2.37. The van der Waals surface area contributed by atoms with Crippen molar-refractivity contribution in [2.75, 3.05) is 14.2 Å². The number of halogens is 1. The van der Waals surface area contributed by atoms with Crippen LogP contribution in [0.5, 0.6) is 11.5 Å². The van der Waals surface area contributed by atoms with Crippen LogP contribution in [0.1, 0.15) is 18.0 Å². The van der Waals surface area contributed by atoms with E-state index in [1.807, 2.05) is 0 Å². The Morgan fingerprint density at radius 3 is 2.47 bits per heavy atom. The molecule has 0 saturated carbocycles. The molecule has 0 bridgehead atoms. The van der Waals surface area contributed by atoms with Crippen LogP contribution in [0.4, 0.5) is 0 Å². The van der Waals surface area contributed by atoms with Crippen molar-refractivity contribution in [3.63, 3.8) is 0 Å². The molecule has 0 aliphatic rings. The number of carbonyl (C=O) groups excluding carboxylic acids is 1. The Morgan fingerprint density at radius 2 is 2.00 bits per heavy atom. The average molecular weight is 332 g/mol. The smallest absolute Gasteiger partial charge is 0.305 e. The second kappa shape index (κ2) is 6.98. The van der Waals surface area contributed by atoms with Gasteiger partial charge in [0.05, 0.1) is 26.7 Å². The molecule has 0 heterocycles. The molecule has 1 rings (SSSR count). The number of carbonyl (C=O) groups is 2. The number of methoxy groups -OCH3 is 2. The highest BCUT2D eigenvalue weighted by Crippen LogP contribution is 2.36. The van der Waals surface area contributed by atoms with Crippen molar-refractivity contribution in [2.24, 2.45) is 0 Å². The summed E-state index contributed by atoms with van der Waals surface area (Å²) in [6, 6.07) is 2.65. The second-order valence-corrected chi connectivity index (χ2v) is 4.52. The molecule has 0 radical (unpaired) electrons. The first-order valence-electron chi connectivity index (χ1n) is 5.36. The van der Waals surface area contributed by atoms with Gasteiger partial charge < -0.3 is 19.9 Å². The molecule has 1 atom stereocenters. The molecule has 0 saturated heterocycles. The third-order valence-corrected chi connectivity index (χ3v) is 3.21. The monoisotopic (exact) mass is 331 g/mol. The molecule has 1 amide bonds. The van der Waals surface area contributed by atoms with Crippen LogP contribution in [0.3, 0.4) is 0 Å². The van der Waals surface area contributed by atoms with E-state index in [0.717, 1.165) is 0 Å². The Bertz CT molecular complexity index is 477. The lowest BCUT2D eigenvalue weighted by Gasteiger charge is -2.18. The van der Waals surface area contributed by atoms with Crippen LogP contribution < -0.4 is 14.8 Å². The van der Waals surface area contributed by atoms with Crippen molar-refractivity contribution < 1.29 is 24.2 Å². The summed E-state index contributed by atoms with van der Waals surface area (Å²) in [5.41, 5.74) is 0.604. The van der Waals surface area contributed by atoms with Crippen LogP contribution >= 0.6 is 15.9 Å². The van der Waals surface area contributed by atoms with Gasteiger partial charge in [0.25, 0.3) is 0 Å². The van der Waals surface area contributed by atoms with Crippen molar-refractivity contribution in [2.45, 2.75) is 12.5 Å². The number of nitrogens with one attached hydrogen (secondary N) is 1. The summed E-state index contributed by atoms with van der Waals surface area (Å²) < 4.78 is 10.9. The standard InChI is InChI=1S/C12H14BrNO5/c1-18-10-3-7(8(13)4-11(10)19-2)9(14-6-15)5-12(16)17/h3-4,6,9H,5H2,1-2H3,(H,14,15)(H,16,17)/t9-/m0/s1. The van der Waals surface area contributed by atoms with Crippen LogP contribution in [0.2, 0.25) is 0 Å². The summed E-state index contributed by atoms with van der Waals surface area (Å²) in [5.74, 6) is -0.0388. The highest BCUT2D eigenvalue weighted by molar-refractivity contribution is 9.10. The molecule has 19 heavy (non-hydrogen) atoms. The Hall–Kier alpha value is -1.76. The molecule has 0 aliphatic heterocycles. The number of carboxylic acids is 1. The zero-order valence-electron chi connectivity index (χ0n) is 10.5. The lowest BCUT2D eigenvalue weighted by Crippen LogP contribution is -2.22. The quantitative estimate of drug-likeness (QED) is 0.743. The second-order valence-electron chi connectivity index (χ2n) is 3.66. The van der Waals surface area contributed by atoms with Gasteiger partial charge in [0.15, 0.2) is 11.5 Å². The van der Waals surface area contributed by atoms with E-state index in [4.69, 9.17) is 14.6 Å². The topological polar surface area (TPSA) is 84.9 Å². The summed E-state index contributed by atoms with van der Waals surface area (Å²) in [6.07, 6.45) is 0.240. The molecule has 0 unspecified atom stereocenters. The van der Waals surface area contributed by atoms with Gasteiger partial charge in [-0.1, -0.05) is 15.9 Å². The molecule has 104 valence electrons. The van der Waals surface area contributed by atoms with E-state index in [1.165, 1.54) is 14.2 Å². The van der Waals surface area contributed by atoms with Crippen molar-refractivity contribution in [1.82, 2.24) is 5.32 Å². The van der Waals surface area contributed by atoms with E-state index in [9.17, 15) is 9.59 Å². The van der Waals surface area contributed by atoms with Gasteiger partial charge >= 0.3 is 5.97 Å². The number of ether oxygens (including phenoxy) is 2. The van der Waals surface area contributed by atoms with Gasteiger partial charge in [0.2, 0.25) is 6.41 Å². The molecular weight excluding hydrogens is 318 g/mol. The number of hydrogen-bond acceptors (Lipinski definition) is 4. The molecule has 0 aliphatic carbocycles. The normalized spacial score (nSPS) is 11.5. The minimum absolute atomic E-state index is 0.229. The fourth-order valence-corrected chi connectivity index (χ4v) is 2.25. The van der Waals surface area contributed by atoms with Crippen LogP contribution in [0.25, 0.3) is 0 Å². The Labute approximate surface area is 118 Å². The van der Waals surface area contributed by atoms with E-state index >= 15 is 0 Å². The van der Waals surface area contributed by atoms with Crippen LogP contribution in [0, 0.1) is 0 Å². The molecule has 1 aromatic rings. The predicted molar refractivity (Wildman–Crippen MR) is 71.4 cm³/mol. The summed E-state index contributed by atoms with van der Waals surface area (Å²) in [5, 5.41) is 11.3. The SMILES string of the molecule is COc1cc(Br)c([C@H](CC(=O)O)NC=O)cc1OC. The predicted octanol–water partition coefficient (Wildman–Crippen LogP) is 1.73. The molecule has 0 fully saturated rings. The van der Waals surface area contributed by atoms with E-state index in [0.29, 0.717) is 27.9 Å². The largest absolute Gasteiger partial charge is 0.493 e. The van der Waals surface area contributed by atoms with Crippen molar-refractivity contribution in [3.8, 4) is 11.5 Å². The molecule has 0 aromatic heterocycles. The molecule has 0 spiro atoms. The van der Waals surface area contributed by atoms with E-state index in [-0.39, 0.29) is 6.42 Å². The van der Waals surface area contributed by atoms with E-state index in [1.54, 1.807) is 12.1 Å². The van der Waals surface area contributed by atoms with Crippen molar-refractivity contribution >= 4 is 28.3 Å². The Kier molecular flexibility index (Phi) is 5.62. The zero-order chi connectivity index (χ0) is 14.4. The highest BCUT2D eigenvalue weighted by Gasteiger charge is 2.20. The van der Waals surface area contributed by atoms with E-state index in [2.05, 4.69) is 21.2 Å². The third-order valence-electron chi connectivity index (χ3n) is 2.53. The van der Waals surface area contributed by atoms with Gasteiger partial charge in [0, 0.05) is 4.47 Å². The first-order chi connectivity index (χ1) is 9.03. The van der Waals surface area contributed by atoms with Crippen LogP contribution in [0.15, 0.2) is 16.6 Å². The minimum atomic E-state index is -1.01. The summed E-state index contributed by atoms with van der Waals surface area (Å²) in [7, 11) is 2.98. The number of carboxylic acid groups (broad SMARTS) is 1. The number of amides is 1. The zero-order valence-corrected chi connectivity index (χ0v) is 12.1. The highest BCUT2D eigenvalue weighted by atomic mass is 79.9. The van der Waals surface area contributed by atoms with Crippen LogP contribution in [-0.2, 0) is 9.59 Å². The Morgan fingerprint density at radius 1 is 1.42 bits per heavy atom. The fraction of sp³-hybridized carbons (Fsp3) is 0.333. The Balaban J connectivity index is 3.21. The maximum Gasteiger partial charge on any atom is 0.305 e. The minimum Gasteiger partial charge on any atom is -0.493 e. The summed E-state index contributed by atoms with van der Waals surface area (Å²) in [6.45, 7) is 0. The van der Waals surface area contributed by atoms with Gasteiger partial charge in [-0.3, -0.25) is 9.59 Å². The lowest BCUT2D eigenvalue weighted by atomic mass is 10.0. The van der Waals surface area contributed by atoms with Gasteiger partial charge in [-0.25, -0.2) is 0 Å². The van der Waals surface area contributed by atoms with Gasteiger partial charge in [0.1, 0.15) is 0 Å². The van der Waals surface area contributed by atoms with Gasteiger partial charge in [-0.05, 0) is 17.7 Å². The van der Waals surface area contributed by atoms with Crippen molar-refractivity contribution in [1.29, 1.82) is 0 Å². The molecule has 6 nitrogen and oxygen atoms in total. The maximum absolute atomic E-state index is 10.8. The van der Waals surface area contributed by atoms with Crippen LogP contribution in [-0.4, -0.2) is 31.7 Å². The summed E-state index contributed by atoms with van der Waals surface area (Å²) in [4.78, 5) is 21.4. The molecule has 7 heteroatoms.